The number of nitrogens with zero attached hydrogens (tertiary/aromatic N) is 3. The summed E-state index contributed by atoms with van der Waals surface area (Å²) in [5, 5.41) is 6.73. The molecule has 116 valence electrons. The predicted molar refractivity (Wildman–Crippen MR) is 91.6 cm³/mol. The Balaban J connectivity index is 1.71. The Hall–Kier alpha value is -2.51. The Morgan fingerprint density at radius 3 is 2.74 bits per heavy atom. The van der Waals surface area contributed by atoms with Crippen LogP contribution >= 0.6 is 22.9 Å². The molecule has 0 saturated carbocycles. The molecule has 3 rings (SSSR count). The maximum atomic E-state index is 12.2. The average molecular weight is 346 g/mol. The van der Waals surface area contributed by atoms with Gasteiger partial charge in [0.05, 0.1) is 6.20 Å². The lowest BCUT2D eigenvalue weighted by molar-refractivity contribution is 0.103. The van der Waals surface area contributed by atoms with E-state index in [0.29, 0.717) is 26.8 Å². The second-order valence-electron chi connectivity index (χ2n) is 4.60. The van der Waals surface area contributed by atoms with Gasteiger partial charge in [0.25, 0.3) is 5.91 Å². The van der Waals surface area contributed by atoms with Crippen LogP contribution in [0.5, 0.6) is 0 Å². The SMILES string of the molecule is Cc1nc(Cl)cc(Nc2ncc(C(=O)Nc3ccccc3)s2)n1. The standard InChI is InChI=1S/C15H12ClN5OS/c1-9-18-12(16)7-13(19-9)21-15-17-8-11(23-15)14(22)20-10-5-3-2-4-6-10/h2-8H,1H3,(H,20,22)(H,17,18,19,21). The summed E-state index contributed by atoms with van der Waals surface area (Å²) in [5.41, 5.74) is 0.735. The largest absolute Gasteiger partial charge is 0.321 e. The molecule has 6 nitrogen and oxygen atoms in total. The Morgan fingerprint density at radius 2 is 2.00 bits per heavy atom. The number of aryl methyl sites for hydroxylation is 1. The van der Waals surface area contributed by atoms with Crippen molar-refractivity contribution >= 4 is 45.5 Å². The quantitative estimate of drug-likeness (QED) is 0.701. The molecule has 0 aliphatic heterocycles. The van der Waals surface area contributed by atoms with Gasteiger partial charge < -0.3 is 10.6 Å². The Bertz CT molecular complexity index is 817. The minimum Gasteiger partial charge on any atom is -0.321 e. The second-order valence-corrected chi connectivity index (χ2v) is 6.02. The van der Waals surface area contributed by atoms with Crippen molar-refractivity contribution in [2.75, 3.05) is 10.6 Å². The van der Waals surface area contributed by atoms with E-state index in [1.54, 1.807) is 13.0 Å². The molecule has 0 unspecified atom stereocenters. The molecule has 23 heavy (non-hydrogen) atoms. The number of thiazole rings is 1. The van der Waals surface area contributed by atoms with Gasteiger partial charge in [-0.1, -0.05) is 41.1 Å². The number of amides is 1. The predicted octanol–water partition coefficient (Wildman–Crippen LogP) is 3.89. The first-order chi connectivity index (χ1) is 11.1. The van der Waals surface area contributed by atoms with Crippen LogP contribution in [0.4, 0.5) is 16.6 Å². The second kappa shape index (κ2) is 6.72. The van der Waals surface area contributed by atoms with Crippen molar-refractivity contribution < 1.29 is 4.79 Å². The lowest BCUT2D eigenvalue weighted by Crippen LogP contribution is -2.09. The van der Waals surface area contributed by atoms with Crippen molar-refractivity contribution in [1.82, 2.24) is 15.0 Å². The van der Waals surface area contributed by atoms with Crippen LogP contribution in [-0.2, 0) is 0 Å². The summed E-state index contributed by atoms with van der Waals surface area (Å²) >= 11 is 7.12. The normalized spacial score (nSPS) is 10.3. The zero-order chi connectivity index (χ0) is 16.2. The fourth-order valence-electron chi connectivity index (χ4n) is 1.86. The summed E-state index contributed by atoms with van der Waals surface area (Å²) in [6, 6.07) is 10.8. The highest BCUT2D eigenvalue weighted by molar-refractivity contribution is 7.17. The van der Waals surface area contributed by atoms with Gasteiger partial charge in [0.2, 0.25) is 0 Å². The molecule has 1 aromatic carbocycles. The van der Waals surface area contributed by atoms with E-state index >= 15 is 0 Å². The van der Waals surface area contributed by atoms with Crippen LogP contribution in [0.15, 0.2) is 42.6 Å². The van der Waals surface area contributed by atoms with Crippen LogP contribution in [0.25, 0.3) is 0 Å². The van der Waals surface area contributed by atoms with Crippen molar-refractivity contribution in [2.45, 2.75) is 6.92 Å². The monoisotopic (exact) mass is 345 g/mol. The molecule has 1 amide bonds. The number of rotatable bonds is 4. The lowest BCUT2D eigenvalue weighted by Gasteiger charge is -2.03. The van der Waals surface area contributed by atoms with Crippen molar-refractivity contribution in [1.29, 1.82) is 0 Å². The zero-order valence-corrected chi connectivity index (χ0v) is 13.6. The van der Waals surface area contributed by atoms with Gasteiger partial charge in [-0.3, -0.25) is 4.79 Å². The van der Waals surface area contributed by atoms with Gasteiger partial charge in [-0.15, -0.1) is 0 Å². The molecule has 8 heteroatoms. The average Bonchev–Trinajstić information content (AvgIpc) is 2.96. The highest BCUT2D eigenvalue weighted by atomic mass is 35.5. The van der Waals surface area contributed by atoms with Gasteiger partial charge in [-0.05, 0) is 19.1 Å². The molecule has 0 radical (unpaired) electrons. The number of para-hydroxylation sites is 1. The van der Waals surface area contributed by atoms with Gasteiger partial charge >= 0.3 is 0 Å². The molecule has 0 saturated heterocycles. The van der Waals surface area contributed by atoms with Crippen LogP contribution < -0.4 is 10.6 Å². The van der Waals surface area contributed by atoms with E-state index < -0.39 is 0 Å². The van der Waals surface area contributed by atoms with Gasteiger partial charge in [-0.2, -0.15) is 0 Å². The van der Waals surface area contributed by atoms with Crippen LogP contribution in [0.2, 0.25) is 5.15 Å². The third-order valence-electron chi connectivity index (χ3n) is 2.80. The molecule has 0 fully saturated rings. The van der Waals surface area contributed by atoms with Crippen molar-refractivity contribution in [3.05, 3.63) is 58.4 Å². The smallest absolute Gasteiger partial charge is 0.267 e. The summed E-state index contributed by atoms with van der Waals surface area (Å²) in [5.74, 6) is 0.879. The molecule has 3 aromatic rings. The number of hydrogen-bond donors (Lipinski definition) is 2. The first kappa shape index (κ1) is 15.4. The third kappa shape index (κ3) is 4.02. The number of halogens is 1. The maximum Gasteiger partial charge on any atom is 0.267 e. The number of hydrogen-bond acceptors (Lipinski definition) is 6. The van der Waals surface area contributed by atoms with E-state index in [9.17, 15) is 4.79 Å². The number of aromatic nitrogens is 3. The molecule has 0 bridgehead atoms. The highest BCUT2D eigenvalue weighted by Gasteiger charge is 2.11. The summed E-state index contributed by atoms with van der Waals surface area (Å²) < 4.78 is 0. The number of carbonyl (C=O) groups is 1. The molecule has 0 aliphatic carbocycles. The molecular weight excluding hydrogens is 334 g/mol. The minimum atomic E-state index is -0.210. The molecule has 2 aromatic heterocycles. The van der Waals surface area contributed by atoms with Crippen LogP contribution in [-0.4, -0.2) is 20.9 Å². The molecule has 0 aliphatic rings. The van der Waals surface area contributed by atoms with Crippen molar-refractivity contribution in [3.8, 4) is 0 Å². The van der Waals surface area contributed by atoms with Crippen LogP contribution in [0, 0.1) is 6.92 Å². The minimum absolute atomic E-state index is 0.210. The van der Waals surface area contributed by atoms with Crippen molar-refractivity contribution in [2.24, 2.45) is 0 Å². The summed E-state index contributed by atoms with van der Waals surface area (Å²) in [7, 11) is 0. The Labute approximate surface area is 141 Å². The molecular formula is C15H12ClN5OS. The maximum absolute atomic E-state index is 12.2. The van der Waals surface area contributed by atoms with Gasteiger partial charge in [-0.25, -0.2) is 15.0 Å². The van der Waals surface area contributed by atoms with E-state index in [-0.39, 0.29) is 5.91 Å². The topological polar surface area (TPSA) is 79.8 Å². The first-order valence-corrected chi connectivity index (χ1v) is 7.90. The number of carbonyl (C=O) groups excluding carboxylic acids is 1. The number of nitrogens with one attached hydrogen (secondary N) is 2. The number of anilines is 3. The van der Waals surface area contributed by atoms with Crippen LogP contribution in [0.1, 0.15) is 15.5 Å². The van der Waals surface area contributed by atoms with Gasteiger partial charge in [0.15, 0.2) is 5.13 Å². The summed E-state index contributed by atoms with van der Waals surface area (Å²) in [6.45, 7) is 1.75. The van der Waals surface area contributed by atoms with E-state index in [0.717, 1.165) is 5.69 Å². The molecule has 0 atom stereocenters. The summed E-state index contributed by atoms with van der Waals surface area (Å²) in [4.78, 5) is 25.0. The van der Waals surface area contributed by atoms with Crippen LogP contribution in [0.3, 0.4) is 0 Å². The molecule has 2 heterocycles. The van der Waals surface area contributed by atoms with Gasteiger partial charge in [0, 0.05) is 11.8 Å². The van der Waals surface area contributed by atoms with E-state index in [1.807, 2.05) is 30.3 Å². The Morgan fingerprint density at radius 1 is 1.22 bits per heavy atom. The fourth-order valence-corrected chi connectivity index (χ4v) is 2.80. The van der Waals surface area contributed by atoms with Gasteiger partial charge in [0.1, 0.15) is 21.7 Å². The highest BCUT2D eigenvalue weighted by Crippen LogP contribution is 2.23. The lowest BCUT2D eigenvalue weighted by atomic mass is 10.3. The number of benzene rings is 1. The summed E-state index contributed by atoms with van der Waals surface area (Å²) in [6.07, 6.45) is 1.51. The first-order valence-electron chi connectivity index (χ1n) is 6.70. The molecule has 2 N–H and O–H groups in total. The van der Waals surface area contributed by atoms with E-state index in [4.69, 9.17) is 11.6 Å². The Kier molecular flexibility index (Phi) is 4.50. The molecule has 0 spiro atoms. The third-order valence-corrected chi connectivity index (χ3v) is 3.91. The fraction of sp³-hybridized carbons (Fsp3) is 0.0667. The van der Waals surface area contributed by atoms with E-state index in [2.05, 4.69) is 25.6 Å². The van der Waals surface area contributed by atoms with E-state index in [1.165, 1.54) is 17.5 Å². The van der Waals surface area contributed by atoms with Crippen molar-refractivity contribution in [3.63, 3.8) is 0 Å². The zero-order valence-electron chi connectivity index (χ0n) is 12.1.